The molecule has 124 valence electrons. The molecule has 0 aliphatic carbocycles. The van der Waals surface area contributed by atoms with E-state index in [1.165, 1.54) is 0 Å². The monoisotopic (exact) mass is 326 g/mol. The number of likely N-dealkylation sites (N-methyl/N-ethyl adjacent to an activating group) is 1. The van der Waals surface area contributed by atoms with Gasteiger partial charge in [0.1, 0.15) is 0 Å². The third-order valence-electron chi connectivity index (χ3n) is 4.57. The Balaban J connectivity index is 2.29. The Morgan fingerprint density at radius 1 is 1.12 bits per heavy atom. The lowest BCUT2D eigenvalue weighted by atomic mass is 9.94. The van der Waals surface area contributed by atoms with E-state index in [1.807, 2.05) is 43.1 Å². The predicted octanol–water partition coefficient (Wildman–Crippen LogP) is 2.88. The second-order valence-electron chi connectivity index (χ2n) is 6.20. The van der Waals surface area contributed by atoms with Crippen molar-refractivity contribution in [1.82, 2.24) is 4.90 Å². The lowest BCUT2D eigenvalue weighted by molar-refractivity contribution is -0.133. The maximum atomic E-state index is 12.7. The van der Waals surface area contributed by atoms with E-state index >= 15 is 0 Å². The SMILES string of the molecule is CC(C)=C1C(=O)N(C(=O)O)C(=O)C1=C1C(C)c2ccccc2N1C. The molecule has 1 aromatic carbocycles. The van der Waals surface area contributed by atoms with Crippen molar-refractivity contribution >= 4 is 23.6 Å². The summed E-state index contributed by atoms with van der Waals surface area (Å²) in [7, 11) is 1.83. The molecule has 3 rings (SSSR count). The number of hydrogen-bond donors (Lipinski definition) is 1. The molecule has 1 aromatic rings. The van der Waals surface area contributed by atoms with E-state index in [-0.39, 0.29) is 17.1 Å². The van der Waals surface area contributed by atoms with Crippen LogP contribution in [0.3, 0.4) is 0 Å². The number of nitrogens with zero attached hydrogens (tertiary/aromatic N) is 2. The van der Waals surface area contributed by atoms with Crippen LogP contribution >= 0.6 is 0 Å². The highest BCUT2D eigenvalue weighted by Gasteiger charge is 2.47. The van der Waals surface area contributed by atoms with Gasteiger partial charge in [0.25, 0.3) is 11.8 Å². The number of allylic oxidation sites excluding steroid dienone is 2. The fourth-order valence-electron chi connectivity index (χ4n) is 3.52. The fraction of sp³-hybridized carbons (Fsp3) is 0.278. The first-order valence-corrected chi connectivity index (χ1v) is 7.63. The topological polar surface area (TPSA) is 77.9 Å². The van der Waals surface area contributed by atoms with Crippen LogP contribution in [0.4, 0.5) is 10.5 Å². The molecule has 1 unspecified atom stereocenters. The van der Waals surface area contributed by atoms with Crippen molar-refractivity contribution in [3.05, 3.63) is 52.2 Å². The van der Waals surface area contributed by atoms with Crippen molar-refractivity contribution in [1.29, 1.82) is 0 Å². The number of carboxylic acid groups (broad SMARTS) is 1. The van der Waals surface area contributed by atoms with Gasteiger partial charge in [-0.25, -0.2) is 4.79 Å². The molecule has 0 radical (unpaired) electrons. The summed E-state index contributed by atoms with van der Waals surface area (Å²) in [6, 6.07) is 7.74. The number of hydrogen-bond acceptors (Lipinski definition) is 4. The molecule has 1 saturated heterocycles. The highest BCUT2D eigenvalue weighted by molar-refractivity contribution is 6.31. The van der Waals surface area contributed by atoms with E-state index in [4.69, 9.17) is 0 Å². The molecule has 6 nitrogen and oxygen atoms in total. The first-order valence-electron chi connectivity index (χ1n) is 7.63. The van der Waals surface area contributed by atoms with Gasteiger partial charge in [-0.2, -0.15) is 4.90 Å². The van der Waals surface area contributed by atoms with Gasteiger partial charge in [-0.1, -0.05) is 30.7 Å². The van der Waals surface area contributed by atoms with Gasteiger partial charge in [-0.3, -0.25) is 9.59 Å². The van der Waals surface area contributed by atoms with Crippen LogP contribution in [-0.4, -0.2) is 35.0 Å². The molecule has 0 saturated carbocycles. The van der Waals surface area contributed by atoms with Crippen molar-refractivity contribution in [2.45, 2.75) is 26.7 Å². The quantitative estimate of drug-likeness (QED) is 0.586. The average Bonchev–Trinajstić information content (AvgIpc) is 2.91. The number of benzene rings is 1. The van der Waals surface area contributed by atoms with Gasteiger partial charge >= 0.3 is 6.09 Å². The fourth-order valence-corrected chi connectivity index (χ4v) is 3.52. The van der Waals surface area contributed by atoms with Crippen molar-refractivity contribution < 1.29 is 19.5 Å². The molecule has 1 fully saturated rings. The average molecular weight is 326 g/mol. The van der Waals surface area contributed by atoms with Crippen molar-refractivity contribution in [3.8, 4) is 0 Å². The maximum Gasteiger partial charge on any atom is 0.421 e. The molecular weight excluding hydrogens is 308 g/mol. The molecule has 1 N–H and O–H groups in total. The Kier molecular flexibility index (Phi) is 3.55. The summed E-state index contributed by atoms with van der Waals surface area (Å²) in [5, 5.41) is 9.25. The Morgan fingerprint density at radius 3 is 2.29 bits per heavy atom. The van der Waals surface area contributed by atoms with Crippen LogP contribution in [0.2, 0.25) is 0 Å². The van der Waals surface area contributed by atoms with Gasteiger partial charge in [0.2, 0.25) is 0 Å². The van der Waals surface area contributed by atoms with Gasteiger partial charge in [0.05, 0.1) is 11.1 Å². The minimum Gasteiger partial charge on any atom is -0.464 e. The molecule has 2 aliphatic rings. The molecule has 0 spiro atoms. The second-order valence-corrected chi connectivity index (χ2v) is 6.20. The third-order valence-corrected chi connectivity index (χ3v) is 4.57. The summed E-state index contributed by atoms with van der Waals surface area (Å²) in [5.74, 6) is -1.65. The second kappa shape index (κ2) is 5.33. The van der Waals surface area contributed by atoms with Gasteiger partial charge < -0.3 is 10.0 Å². The highest BCUT2D eigenvalue weighted by Crippen LogP contribution is 2.46. The molecule has 1 atom stereocenters. The van der Waals surface area contributed by atoms with Crippen LogP contribution in [0, 0.1) is 0 Å². The Hall–Kier alpha value is -2.89. The molecule has 0 aromatic heterocycles. The van der Waals surface area contributed by atoms with Gasteiger partial charge in [-0.05, 0) is 25.5 Å². The van der Waals surface area contributed by atoms with E-state index < -0.39 is 17.9 Å². The number of para-hydroxylation sites is 1. The lowest BCUT2D eigenvalue weighted by Crippen LogP contribution is -2.35. The molecule has 0 bridgehead atoms. The van der Waals surface area contributed by atoms with Crippen molar-refractivity contribution in [3.63, 3.8) is 0 Å². The molecule has 24 heavy (non-hydrogen) atoms. The number of carbonyl (C=O) groups excluding carboxylic acids is 2. The zero-order chi connectivity index (χ0) is 17.8. The van der Waals surface area contributed by atoms with Crippen molar-refractivity contribution in [2.24, 2.45) is 0 Å². The van der Waals surface area contributed by atoms with Crippen molar-refractivity contribution in [2.75, 3.05) is 11.9 Å². The first kappa shape index (κ1) is 16.0. The highest BCUT2D eigenvalue weighted by atomic mass is 16.4. The number of amides is 3. The lowest BCUT2D eigenvalue weighted by Gasteiger charge is -2.19. The van der Waals surface area contributed by atoms with Crippen LogP contribution in [0.25, 0.3) is 0 Å². The first-order chi connectivity index (χ1) is 11.3. The van der Waals surface area contributed by atoms with Crippen LogP contribution in [-0.2, 0) is 9.59 Å². The smallest absolute Gasteiger partial charge is 0.421 e. The van der Waals surface area contributed by atoms with E-state index in [0.29, 0.717) is 16.2 Å². The largest absolute Gasteiger partial charge is 0.464 e. The summed E-state index contributed by atoms with van der Waals surface area (Å²) in [6.07, 6.45) is -1.55. The van der Waals surface area contributed by atoms with E-state index in [1.54, 1.807) is 13.8 Å². The normalized spacial score (nSPS) is 23.2. The van der Waals surface area contributed by atoms with Gasteiger partial charge in [-0.15, -0.1) is 0 Å². The number of fused-ring (bicyclic) bond motifs is 1. The summed E-state index contributed by atoms with van der Waals surface area (Å²) < 4.78 is 0. The summed E-state index contributed by atoms with van der Waals surface area (Å²) in [6.45, 7) is 5.37. The number of rotatable bonds is 0. The maximum absolute atomic E-state index is 12.7. The van der Waals surface area contributed by atoms with Gasteiger partial charge in [0, 0.05) is 24.4 Å². The minimum atomic E-state index is -1.55. The van der Waals surface area contributed by atoms with E-state index in [2.05, 4.69) is 0 Å². The Bertz CT molecular complexity index is 815. The number of carbonyl (C=O) groups is 3. The minimum absolute atomic E-state index is 0.110. The summed E-state index contributed by atoms with van der Waals surface area (Å²) in [5.41, 5.74) is 3.66. The number of anilines is 1. The van der Waals surface area contributed by atoms with Crippen LogP contribution in [0.5, 0.6) is 0 Å². The zero-order valence-corrected chi connectivity index (χ0v) is 14.0. The summed E-state index contributed by atoms with van der Waals surface area (Å²) in [4.78, 5) is 38.7. The molecule has 6 heteroatoms. The number of imide groups is 3. The Morgan fingerprint density at radius 2 is 1.75 bits per heavy atom. The number of likely N-dealkylation sites (tertiary alicyclic amines) is 1. The molecular formula is C18H18N2O4. The van der Waals surface area contributed by atoms with Crippen LogP contribution < -0.4 is 4.90 Å². The predicted molar refractivity (Wildman–Crippen MR) is 88.5 cm³/mol. The van der Waals surface area contributed by atoms with E-state index in [0.717, 1.165) is 11.3 Å². The molecule has 3 amide bonds. The zero-order valence-electron chi connectivity index (χ0n) is 14.0. The Labute approximate surface area is 139 Å². The van der Waals surface area contributed by atoms with Crippen LogP contribution in [0.15, 0.2) is 46.7 Å². The molecule has 2 aliphatic heterocycles. The van der Waals surface area contributed by atoms with Crippen LogP contribution in [0.1, 0.15) is 32.3 Å². The summed E-state index contributed by atoms with van der Waals surface area (Å²) >= 11 is 0. The van der Waals surface area contributed by atoms with E-state index in [9.17, 15) is 19.5 Å². The third kappa shape index (κ3) is 1.99. The van der Waals surface area contributed by atoms with Gasteiger partial charge in [0.15, 0.2) is 0 Å². The standard InChI is InChI=1S/C18H18N2O4/c1-9(2)13-14(17(22)20(16(13)21)18(23)24)15-10(3)11-7-5-6-8-12(11)19(15)4/h5-8,10H,1-4H3,(H,23,24). The molecule has 2 heterocycles.